The molecule has 0 bridgehead atoms. The van der Waals surface area contributed by atoms with Crippen molar-refractivity contribution >= 4 is 17.6 Å². The lowest BCUT2D eigenvalue weighted by atomic mass is 10.1. The molecule has 3 nitrogen and oxygen atoms in total. The number of aryl methyl sites for hydroxylation is 1. The molecule has 0 aliphatic carbocycles. The highest BCUT2D eigenvalue weighted by atomic mass is 35.5. The van der Waals surface area contributed by atoms with Gasteiger partial charge in [-0.3, -0.25) is 4.79 Å². The molecule has 0 radical (unpaired) electrons. The van der Waals surface area contributed by atoms with Crippen LogP contribution in [0.25, 0.3) is 0 Å². The van der Waals surface area contributed by atoms with E-state index in [4.69, 9.17) is 17.3 Å². The molecule has 2 N–H and O–H groups in total. The molecule has 0 saturated carbocycles. The number of carbonyl (C=O) groups excluding carboxylic acids is 1. The van der Waals surface area contributed by atoms with Crippen molar-refractivity contribution in [3.8, 4) is 0 Å². The molecule has 1 aromatic carbocycles. The third-order valence-corrected chi connectivity index (χ3v) is 2.42. The van der Waals surface area contributed by atoms with Gasteiger partial charge in [0.05, 0.1) is 7.11 Å². The maximum atomic E-state index is 11.1. The van der Waals surface area contributed by atoms with Crippen LogP contribution in [0, 0.1) is 6.92 Å². The Labute approximate surface area is 87.8 Å². The fourth-order valence-electron chi connectivity index (χ4n) is 1.12. The Kier molecular flexibility index (Phi) is 3.49. The van der Waals surface area contributed by atoms with Crippen LogP contribution in [0.1, 0.15) is 17.2 Å². The topological polar surface area (TPSA) is 52.3 Å². The van der Waals surface area contributed by atoms with Crippen LogP contribution in [-0.4, -0.2) is 13.1 Å². The Morgan fingerprint density at radius 1 is 1.57 bits per heavy atom. The Morgan fingerprint density at radius 3 is 2.71 bits per heavy atom. The number of benzene rings is 1. The molecule has 1 atom stereocenters. The molecular formula is C10H12ClNO2. The zero-order valence-electron chi connectivity index (χ0n) is 8.08. The Morgan fingerprint density at radius 2 is 2.21 bits per heavy atom. The fourth-order valence-corrected chi connectivity index (χ4v) is 1.24. The molecule has 0 heterocycles. The smallest absolute Gasteiger partial charge is 0.327 e. The number of halogens is 1. The molecule has 0 saturated heterocycles. The molecule has 1 aromatic rings. The van der Waals surface area contributed by atoms with Crippen LogP contribution in [0.5, 0.6) is 0 Å². The highest BCUT2D eigenvalue weighted by Gasteiger charge is 2.16. The summed E-state index contributed by atoms with van der Waals surface area (Å²) in [7, 11) is 1.31. The van der Waals surface area contributed by atoms with Crippen LogP contribution in [0.3, 0.4) is 0 Å². The minimum Gasteiger partial charge on any atom is -0.468 e. The van der Waals surface area contributed by atoms with E-state index in [1.807, 2.05) is 6.92 Å². The normalized spacial score (nSPS) is 12.3. The van der Waals surface area contributed by atoms with Gasteiger partial charge in [-0.15, -0.1) is 0 Å². The summed E-state index contributed by atoms with van der Waals surface area (Å²) in [6, 6.07) is 4.48. The first-order valence-electron chi connectivity index (χ1n) is 4.15. The van der Waals surface area contributed by atoms with E-state index in [9.17, 15) is 4.79 Å². The van der Waals surface area contributed by atoms with Crippen molar-refractivity contribution in [1.29, 1.82) is 0 Å². The number of hydrogen-bond donors (Lipinski definition) is 1. The third kappa shape index (κ3) is 2.25. The molecule has 0 aliphatic heterocycles. The van der Waals surface area contributed by atoms with E-state index >= 15 is 0 Å². The minimum absolute atomic E-state index is 0.452. The van der Waals surface area contributed by atoms with Crippen LogP contribution in [0.2, 0.25) is 5.02 Å². The molecule has 76 valence electrons. The standard InChI is InChI=1S/C10H12ClNO2/c1-6-5-7(3-4-8(6)11)9(12)10(13)14-2/h3-5,9H,12H2,1-2H3/t9-/m0/s1. The van der Waals surface area contributed by atoms with Crippen LogP contribution in [0.4, 0.5) is 0 Å². The van der Waals surface area contributed by atoms with Crippen molar-refractivity contribution in [2.24, 2.45) is 5.73 Å². The van der Waals surface area contributed by atoms with Crippen molar-refractivity contribution < 1.29 is 9.53 Å². The molecule has 0 aromatic heterocycles. The summed E-state index contributed by atoms with van der Waals surface area (Å²) in [5.41, 5.74) is 7.25. The average molecular weight is 214 g/mol. The van der Waals surface area contributed by atoms with E-state index in [1.54, 1.807) is 18.2 Å². The van der Waals surface area contributed by atoms with Gasteiger partial charge in [0.2, 0.25) is 0 Å². The molecule has 0 aliphatic rings. The van der Waals surface area contributed by atoms with Gasteiger partial charge in [0, 0.05) is 5.02 Å². The number of nitrogens with two attached hydrogens (primary N) is 1. The number of rotatable bonds is 2. The maximum Gasteiger partial charge on any atom is 0.327 e. The van der Waals surface area contributed by atoms with Crippen molar-refractivity contribution in [3.63, 3.8) is 0 Å². The number of esters is 1. The van der Waals surface area contributed by atoms with Gasteiger partial charge in [-0.25, -0.2) is 0 Å². The average Bonchev–Trinajstić information content (AvgIpc) is 2.20. The van der Waals surface area contributed by atoms with Crippen LogP contribution in [-0.2, 0) is 9.53 Å². The molecule has 14 heavy (non-hydrogen) atoms. The molecule has 0 fully saturated rings. The summed E-state index contributed by atoms with van der Waals surface area (Å²) in [6.45, 7) is 1.86. The lowest BCUT2D eigenvalue weighted by molar-refractivity contribution is -0.142. The molecule has 4 heteroatoms. The highest BCUT2D eigenvalue weighted by Crippen LogP contribution is 2.20. The number of methoxy groups -OCH3 is 1. The maximum absolute atomic E-state index is 11.1. The Bertz CT molecular complexity index is 352. The Balaban J connectivity index is 2.96. The van der Waals surface area contributed by atoms with Crippen LogP contribution in [0.15, 0.2) is 18.2 Å². The zero-order chi connectivity index (χ0) is 10.7. The summed E-state index contributed by atoms with van der Waals surface area (Å²) in [6.07, 6.45) is 0. The largest absolute Gasteiger partial charge is 0.468 e. The quantitative estimate of drug-likeness (QED) is 0.763. The lowest BCUT2D eigenvalue weighted by Crippen LogP contribution is -2.22. The van der Waals surface area contributed by atoms with E-state index < -0.39 is 12.0 Å². The lowest BCUT2D eigenvalue weighted by Gasteiger charge is -2.10. The van der Waals surface area contributed by atoms with E-state index in [-0.39, 0.29) is 0 Å². The van der Waals surface area contributed by atoms with E-state index in [0.717, 1.165) is 5.56 Å². The van der Waals surface area contributed by atoms with Gasteiger partial charge in [-0.05, 0) is 24.1 Å². The molecule has 1 rings (SSSR count). The summed E-state index contributed by atoms with van der Waals surface area (Å²) in [5, 5.41) is 0.658. The van der Waals surface area contributed by atoms with Gasteiger partial charge in [-0.1, -0.05) is 23.7 Å². The van der Waals surface area contributed by atoms with E-state index in [1.165, 1.54) is 7.11 Å². The highest BCUT2D eigenvalue weighted by molar-refractivity contribution is 6.31. The molecule has 0 unspecified atom stereocenters. The molecule has 0 spiro atoms. The summed E-state index contributed by atoms with van der Waals surface area (Å²) < 4.78 is 4.54. The second-order valence-corrected chi connectivity index (χ2v) is 3.42. The van der Waals surface area contributed by atoms with Crippen molar-refractivity contribution in [3.05, 3.63) is 34.3 Å². The first-order chi connectivity index (χ1) is 6.56. The first-order valence-corrected chi connectivity index (χ1v) is 4.53. The van der Waals surface area contributed by atoms with Gasteiger partial charge < -0.3 is 10.5 Å². The summed E-state index contributed by atoms with van der Waals surface area (Å²) >= 11 is 5.84. The zero-order valence-corrected chi connectivity index (χ0v) is 8.84. The number of hydrogen-bond acceptors (Lipinski definition) is 3. The summed E-state index contributed by atoms with van der Waals surface area (Å²) in [5.74, 6) is -0.452. The number of ether oxygens (including phenoxy) is 1. The summed E-state index contributed by atoms with van der Waals surface area (Å²) in [4.78, 5) is 11.1. The van der Waals surface area contributed by atoms with Crippen molar-refractivity contribution in [1.82, 2.24) is 0 Å². The van der Waals surface area contributed by atoms with Gasteiger partial charge in [-0.2, -0.15) is 0 Å². The van der Waals surface area contributed by atoms with Gasteiger partial charge in [0.25, 0.3) is 0 Å². The van der Waals surface area contributed by atoms with Crippen molar-refractivity contribution in [2.75, 3.05) is 7.11 Å². The monoisotopic (exact) mass is 213 g/mol. The van der Waals surface area contributed by atoms with E-state index in [2.05, 4.69) is 4.74 Å². The van der Waals surface area contributed by atoms with Gasteiger partial charge in [0.15, 0.2) is 0 Å². The second kappa shape index (κ2) is 4.44. The second-order valence-electron chi connectivity index (χ2n) is 3.01. The number of carbonyl (C=O) groups is 1. The van der Waals surface area contributed by atoms with E-state index in [0.29, 0.717) is 10.6 Å². The SMILES string of the molecule is COC(=O)[C@@H](N)c1ccc(Cl)c(C)c1. The molecular weight excluding hydrogens is 202 g/mol. The Hall–Kier alpha value is -1.06. The first kappa shape index (κ1) is 11.0. The van der Waals surface area contributed by atoms with Crippen LogP contribution >= 0.6 is 11.6 Å². The fraction of sp³-hybridized carbons (Fsp3) is 0.300. The van der Waals surface area contributed by atoms with Gasteiger partial charge in [0.1, 0.15) is 6.04 Å². The van der Waals surface area contributed by atoms with Gasteiger partial charge >= 0.3 is 5.97 Å². The molecule has 0 amide bonds. The predicted octanol–water partition coefficient (Wildman–Crippen LogP) is 1.82. The minimum atomic E-state index is -0.740. The van der Waals surface area contributed by atoms with Crippen LogP contribution < -0.4 is 5.73 Å². The third-order valence-electron chi connectivity index (χ3n) is 2.00. The van der Waals surface area contributed by atoms with Crippen molar-refractivity contribution in [2.45, 2.75) is 13.0 Å². The predicted molar refractivity (Wildman–Crippen MR) is 55.1 cm³/mol.